The number of nitrogens with one attached hydrogen (secondary N) is 1. The molecule has 0 atom stereocenters. The van der Waals surface area contributed by atoms with Crippen molar-refractivity contribution in [1.29, 1.82) is 0 Å². The monoisotopic (exact) mass is 391 g/mol. The summed E-state index contributed by atoms with van der Waals surface area (Å²) in [5.74, 6) is 2.02. The van der Waals surface area contributed by atoms with E-state index in [2.05, 4.69) is 28.8 Å². The lowest BCUT2D eigenvalue weighted by Crippen LogP contribution is -2.05. The molecule has 1 N–H and O–H groups in total. The zero-order chi connectivity index (χ0) is 20.2. The van der Waals surface area contributed by atoms with Gasteiger partial charge in [0.15, 0.2) is 5.65 Å². The Bertz CT molecular complexity index is 1090. The molecule has 0 unspecified atom stereocenters. The fourth-order valence-corrected chi connectivity index (χ4v) is 2.90. The molecule has 0 saturated heterocycles. The maximum Gasteiger partial charge on any atom is 0.178 e. The number of H-pyrrole nitrogens is 1. The number of aromatic nitrogens is 3. The molecule has 2 heterocycles. The highest BCUT2D eigenvalue weighted by Gasteiger charge is 2.11. The van der Waals surface area contributed by atoms with Gasteiger partial charge in [-0.05, 0) is 36.2 Å². The first-order valence-corrected chi connectivity index (χ1v) is 9.53. The van der Waals surface area contributed by atoms with Crippen molar-refractivity contribution < 1.29 is 13.9 Å². The van der Waals surface area contributed by atoms with E-state index < -0.39 is 0 Å². The van der Waals surface area contributed by atoms with Crippen LogP contribution in [0.15, 0.2) is 60.8 Å². The van der Waals surface area contributed by atoms with E-state index >= 15 is 0 Å². The van der Waals surface area contributed by atoms with Crippen LogP contribution in [-0.2, 0) is 6.61 Å². The summed E-state index contributed by atoms with van der Waals surface area (Å²) in [6.07, 6.45) is 1.71. The van der Waals surface area contributed by atoms with Crippen LogP contribution < -0.4 is 9.47 Å². The molecule has 29 heavy (non-hydrogen) atoms. The largest absolute Gasteiger partial charge is 0.493 e. The zero-order valence-corrected chi connectivity index (χ0v) is 16.4. The Balaban J connectivity index is 1.65. The summed E-state index contributed by atoms with van der Waals surface area (Å²) in [5.41, 5.74) is 2.80. The van der Waals surface area contributed by atoms with Crippen LogP contribution in [0.5, 0.6) is 11.5 Å². The van der Waals surface area contributed by atoms with Crippen molar-refractivity contribution in [2.24, 2.45) is 5.92 Å². The minimum absolute atomic E-state index is 0.126. The minimum atomic E-state index is -0.289. The third kappa shape index (κ3) is 4.54. The molecule has 0 spiro atoms. The molecule has 0 radical (unpaired) electrons. The molecule has 4 aromatic rings. The first-order chi connectivity index (χ1) is 14.1. The molecule has 0 amide bonds. The van der Waals surface area contributed by atoms with E-state index in [0.29, 0.717) is 41.1 Å². The van der Waals surface area contributed by atoms with Crippen LogP contribution in [0.2, 0.25) is 0 Å². The second-order valence-electron chi connectivity index (χ2n) is 7.24. The van der Waals surface area contributed by atoms with Gasteiger partial charge in [0.1, 0.15) is 29.7 Å². The molecular formula is C23H22FN3O2. The summed E-state index contributed by atoms with van der Waals surface area (Å²) in [4.78, 5) is 12.1. The molecule has 2 aromatic carbocycles. The van der Waals surface area contributed by atoms with E-state index in [1.54, 1.807) is 24.4 Å². The van der Waals surface area contributed by atoms with Gasteiger partial charge in [-0.15, -0.1) is 0 Å². The second kappa shape index (κ2) is 8.31. The fourth-order valence-electron chi connectivity index (χ4n) is 2.90. The number of imidazole rings is 1. The second-order valence-corrected chi connectivity index (χ2v) is 7.24. The summed E-state index contributed by atoms with van der Waals surface area (Å²) in [7, 11) is 0. The minimum Gasteiger partial charge on any atom is -0.493 e. The maximum absolute atomic E-state index is 13.9. The van der Waals surface area contributed by atoms with Crippen LogP contribution in [0, 0.1) is 11.7 Å². The van der Waals surface area contributed by atoms with Crippen LogP contribution in [0.3, 0.4) is 0 Å². The van der Waals surface area contributed by atoms with Gasteiger partial charge < -0.3 is 14.5 Å². The Kier molecular flexibility index (Phi) is 5.42. The van der Waals surface area contributed by atoms with Gasteiger partial charge in [-0.1, -0.05) is 32.0 Å². The van der Waals surface area contributed by atoms with Crippen molar-refractivity contribution >= 4 is 11.2 Å². The van der Waals surface area contributed by atoms with Crippen molar-refractivity contribution in [2.75, 3.05) is 6.61 Å². The number of pyridine rings is 1. The average molecular weight is 391 g/mol. The number of hydrogen-bond acceptors (Lipinski definition) is 4. The summed E-state index contributed by atoms with van der Waals surface area (Å²) in [5, 5.41) is 0. The van der Waals surface area contributed by atoms with Gasteiger partial charge in [0, 0.05) is 23.4 Å². The predicted molar refractivity (Wildman–Crippen MR) is 110 cm³/mol. The van der Waals surface area contributed by atoms with E-state index in [1.807, 2.05) is 30.3 Å². The number of nitrogens with zero attached hydrogens (tertiary/aromatic N) is 2. The molecule has 4 rings (SSSR count). The third-order valence-corrected chi connectivity index (χ3v) is 4.35. The normalized spacial score (nSPS) is 11.2. The van der Waals surface area contributed by atoms with Crippen LogP contribution >= 0.6 is 0 Å². The lowest BCUT2D eigenvalue weighted by atomic mass is 10.2. The fraction of sp³-hybridized carbons (Fsp3) is 0.217. The Morgan fingerprint density at radius 2 is 1.79 bits per heavy atom. The summed E-state index contributed by atoms with van der Waals surface area (Å²) in [6.45, 7) is 4.88. The van der Waals surface area contributed by atoms with Crippen molar-refractivity contribution in [1.82, 2.24) is 15.0 Å². The molecule has 0 saturated carbocycles. The van der Waals surface area contributed by atoms with Gasteiger partial charge in [0.2, 0.25) is 0 Å². The number of rotatable bonds is 7. The molecule has 2 aromatic heterocycles. The van der Waals surface area contributed by atoms with Crippen molar-refractivity contribution in [3.8, 4) is 22.9 Å². The lowest BCUT2D eigenvalue weighted by molar-refractivity contribution is 0.265. The van der Waals surface area contributed by atoms with Crippen molar-refractivity contribution in [3.63, 3.8) is 0 Å². The average Bonchev–Trinajstić information content (AvgIpc) is 3.16. The predicted octanol–water partition coefficient (Wildman–Crippen LogP) is 5.38. The molecular weight excluding hydrogens is 369 g/mol. The number of ether oxygens (including phenoxy) is 2. The standard InChI is InChI=1S/C23H22FN3O2/c1-15(2)13-28-18-10-17(22-26-21-8-5-9-25-23(21)27-22)11-19(12-18)29-14-16-6-3-4-7-20(16)24/h3-12,15H,13-14H2,1-2H3,(H,25,26,27). The highest BCUT2D eigenvalue weighted by Crippen LogP contribution is 2.30. The maximum atomic E-state index is 13.9. The quantitative estimate of drug-likeness (QED) is 0.460. The summed E-state index contributed by atoms with van der Waals surface area (Å²) >= 11 is 0. The Hall–Kier alpha value is -3.41. The molecule has 0 aliphatic rings. The van der Waals surface area contributed by atoms with Gasteiger partial charge in [-0.2, -0.15) is 0 Å². The molecule has 0 fully saturated rings. The van der Waals surface area contributed by atoms with E-state index in [-0.39, 0.29) is 12.4 Å². The summed E-state index contributed by atoms with van der Waals surface area (Å²) < 4.78 is 25.7. The smallest absolute Gasteiger partial charge is 0.178 e. The topological polar surface area (TPSA) is 60.0 Å². The van der Waals surface area contributed by atoms with Gasteiger partial charge in [0.25, 0.3) is 0 Å². The van der Waals surface area contributed by atoms with Gasteiger partial charge in [0.05, 0.1) is 12.1 Å². The van der Waals surface area contributed by atoms with Gasteiger partial charge in [-0.3, -0.25) is 0 Å². The Morgan fingerprint density at radius 1 is 1.00 bits per heavy atom. The van der Waals surface area contributed by atoms with E-state index in [9.17, 15) is 4.39 Å². The van der Waals surface area contributed by atoms with Crippen LogP contribution in [-0.4, -0.2) is 21.6 Å². The molecule has 0 bridgehead atoms. The van der Waals surface area contributed by atoms with Gasteiger partial charge in [-0.25, -0.2) is 14.4 Å². The van der Waals surface area contributed by atoms with Crippen molar-refractivity contribution in [2.45, 2.75) is 20.5 Å². The highest BCUT2D eigenvalue weighted by atomic mass is 19.1. The van der Waals surface area contributed by atoms with E-state index in [1.165, 1.54) is 6.07 Å². The molecule has 5 nitrogen and oxygen atoms in total. The number of fused-ring (bicyclic) bond motifs is 1. The lowest BCUT2D eigenvalue weighted by Gasteiger charge is -2.13. The third-order valence-electron chi connectivity index (χ3n) is 4.35. The van der Waals surface area contributed by atoms with Crippen molar-refractivity contribution in [3.05, 3.63) is 72.2 Å². The number of aromatic amines is 1. The summed E-state index contributed by atoms with van der Waals surface area (Å²) in [6, 6.07) is 15.9. The van der Waals surface area contributed by atoms with Crippen LogP contribution in [0.4, 0.5) is 4.39 Å². The first kappa shape index (κ1) is 18.9. The molecule has 148 valence electrons. The Labute approximate surface area is 168 Å². The van der Waals surface area contributed by atoms with E-state index in [4.69, 9.17) is 9.47 Å². The molecule has 0 aliphatic heterocycles. The van der Waals surface area contributed by atoms with Crippen LogP contribution in [0.25, 0.3) is 22.6 Å². The number of halogens is 1. The number of hydrogen-bond donors (Lipinski definition) is 1. The Morgan fingerprint density at radius 3 is 2.55 bits per heavy atom. The SMILES string of the molecule is CC(C)COc1cc(OCc2ccccc2F)cc(-c2nc3ncccc3[nH]2)c1. The zero-order valence-electron chi connectivity index (χ0n) is 16.4. The van der Waals surface area contributed by atoms with Crippen LogP contribution in [0.1, 0.15) is 19.4 Å². The van der Waals surface area contributed by atoms with E-state index in [0.717, 1.165) is 11.1 Å². The highest BCUT2D eigenvalue weighted by molar-refractivity contribution is 5.76. The molecule has 0 aliphatic carbocycles. The first-order valence-electron chi connectivity index (χ1n) is 9.53. The van der Waals surface area contributed by atoms with Gasteiger partial charge >= 0.3 is 0 Å². The number of benzene rings is 2. The molecule has 6 heteroatoms.